The van der Waals surface area contributed by atoms with Gasteiger partial charge in [-0.2, -0.15) is 4.57 Å². The fourth-order valence-corrected chi connectivity index (χ4v) is 5.79. The Balaban J connectivity index is 1.78. The van der Waals surface area contributed by atoms with Gasteiger partial charge in [0, 0.05) is 13.0 Å². The first kappa shape index (κ1) is 17.7. The standard InChI is InChI=1S/C28H34N/c1-6-17(2)22-11-12-24-23(15-22)14-19(4)29(5)28(24)25-16-27-21-9-7-20(8-10-21)26(27)13-18(25)3/h11-17,20-21H,6-10H2,1-5H3/q+1/i14D. The first-order chi connectivity index (χ1) is 14.4. The molecule has 0 spiro atoms. The van der Waals surface area contributed by atoms with Crippen molar-refractivity contribution in [2.45, 2.75) is 77.6 Å². The van der Waals surface area contributed by atoms with E-state index in [2.05, 4.69) is 69.6 Å². The normalized spacial score (nSPS) is 21.9. The van der Waals surface area contributed by atoms with Gasteiger partial charge in [0.05, 0.1) is 12.3 Å². The monoisotopic (exact) mass is 385 g/mol. The summed E-state index contributed by atoms with van der Waals surface area (Å²) in [4.78, 5) is 0. The minimum Gasteiger partial charge on any atom is -0.198 e. The number of aryl methyl sites for hydroxylation is 1. The summed E-state index contributed by atoms with van der Waals surface area (Å²) < 4.78 is 11.1. The Labute approximate surface area is 177 Å². The molecule has 1 unspecified atom stereocenters. The SMILES string of the molecule is [2H]c1c(C)[n+](C)c(-c2cc3c(cc2C)C2CCC3CC2)c2ccc(C(C)CC)cc12. The molecule has 3 aliphatic carbocycles. The summed E-state index contributed by atoms with van der Waals surface area (Å²) in [5.41, 5.74) is 9.62. The Bertz CT molecular complexity index is 1150. The maximum absolute atomic E-state index is 8.83. The van der Waals surface area contributed by atoms with Crippen LogP contribution in [0.1, 0.15) is 93.0 Å². The molecule has 3 aromatic rings. The largest absolute Gasteiger partial charge is 0.220 e. The highest BCUT2D eigenvalue weighted by Crippen LogP contribution is 2.50. The number of pyridine rings is 1. The van der Waals surface area contributed by atoms with Crippen LogP contribution in [-0.4, -0.2) is 0 Å². The van der Waals surface area contributed by atoms with Gasteiger partial charge in [0.2, 0.25) is 5.69 Å². The van der Waals surface area contributed by atoms with Gasteiger partial charge in [-0.05, 0) is 96.6 Å². The zero-order valence-electron chi connectivity index (χ0n) is 19.6. The van der Waals surface area contributed by atoms with Crippen LogP contribution in [-0.2, 0) is 7.05 Å². The minimum absolute atomic E-state index is 0.521. The zero-order chi connectivity index (χ0) is 21.2. The molecule has 0 saturated heterocycles. The lowest BCUT2D eigenvalue weighted by Crippen LogP contribution is -2.35. The molecule has 1 saturated carbocycles. The van der Waals surface area contributed by atoms with E-state index in [0.29, 0.717) is 12.0 Å². The lowest BCUT2D eigenvalue weighted by Gasteiger charge is -2.38. The van der Waals surface area contributed by atoms with Crippen molar-refractivity contribution in [3.05, 3.63) is 64.3 Å². The van der Waals surface area contributed by atoms with E-state index in [9.17, 15) is 0 Å². The van der Waals surface area contributed by atoms with E-state index < -0.39 is 0 Å². The summed E-state index contributed by atoms with van der Waals surface area (Å²) in [5.74, 6) is 2.04. The van der Waals surface area contributed by atoms with Gasteiger partial charge in [-0.15, -0.1) is 0 Å². The number of hydrogen-bond donors (Lipinski definition) is 0. The highest BCUT2D eigenvalue weighted by Gasteiger charge is 2.34. The van der Waals surface area contributed by atoms with E-state index in [-0.39, 0.29) is 0 Å². The Morgan fingerprint density at radius 2 is 1.69 bits per heavy atom. The van der Waals surface area contributed by atoms with Crippen LogP contribution < -0.4 is 4.57 Å². The van der Waals surface area contributed by atoms with Crippen molar-refractivity contribution >= 4 is 10.8 Å². The van der Waals surface area contributed by atoms with Crippen LogP contribution >= 0.6 is 0 Å². The van der Waals surface area contributed by atoms with E-state index >= 15 is 0 Å². The van der Waals surface area contributed by atoms with Gasteiger partial charge in [0.15, 0.2) is 5.69 Å². The van der Waals surface area contributed by atoms with Crippen LogP contribution in [0.4, 0.5) is 0 Å². The van der Waals surface area contributed by atoms with Gasteiger partial charge < -0.3 is 0 Å². The number of benzene rings is 2. The molecule has 150 valence electrons. The molecule has 1 nitrogen and oxygen atoms in total. The van der Waals surface area contributed by atoms with E-state index in [4.69, 9.17) is 1.37 Å². The summed E-state index contributed by atoms with van der Waals surface area (Å²) in [7, 11) is 2.13. The van der Waals surface area contributed by atoms with Gasteiger partial charge in [0.1, 0.15) is 7.05 Å². The third-order valence-corrected chi connectivity index (χ3v) is 7.93. The minimum atomic E-state index is 0.521. The average molecular weight is 386 g/mol. The van der Waals surface area contributed by atoms with Gasteiger partial charge in [0.25, 0.3) is 0 Å². The summed E-state index contributed by atoms with van der Waals surface area (Å²) >= 11 is 0. The molecule has 0 amide bonds. The maximum Gasteiger partial charge on any atom is 0.220 e. The lowest BCUT2D eigenvalue weighted by molar-refractivity contribution is -0.665. The van der Waals surface area contributed by atoms with Crippen LogP contribution in [0.15, 0.2) is 36.4 Å². The predicted molar refractivity (Wildman–Crippen MR) is 123 cm³/mol. The molecular weight excluding hydrogens is 350 g/mol. The molecule has 0 aliphatic heterocycles. The molecule has 2 bridgehead atoms. The van der Waals surface area contributed by atoms with Crippen LogP contribution in [0.25, 0.3) is 22.0 Å². The molecule has 1 heteroatoms. The van der Waals surface area contributed by atoms with E-state index in [1.165, 1.54) is 53.5 Å². The van der Waals surface area contributed by atoms with Crippen LogP contribution in [0.3, 0.4) is 0 Å². The Morgan fingerprint density at radius 3 is 2.34 bits per heavy atom. The number of rotatable bonds is 3. The molecule has 2 aromatic carbocycles. The van der Waals surface area contributed by atoms with Crippen molar-refractivity contribution in [1.29, 1.82) is 0 Å². The molecule has 3 aliphatic rings. The third-order valence-electron chi connectivity index (χ3n) is 7.93. The fraction of sp³-hybridized carbons (Fsp3) is 0.464. The van der Waals surface area contributed by atoms with Crippen LogP contribution in [0.5, 0.6) is 0 Å². The number of nitrogens with zero attached hydrogens (tertiary/aromatic N) is 1. The van der Waals surface area contributed by atoms with E-state index in [0.717, 1.165) is 29.3 Å². The molecule has 0 radical (unpaired) electrons. The van der Waals surface area contributed by atoms with Crippen molar-refractivity contribution in [3.8, 4) is 11.3 Å². The van der Waals surface area contributed by atoms with Gasteiger partial charge >= 0.3 is 0 Å². The fourth-order valence-electron chi connectivity index (χ4n) is 5.79. The first-order valence-electron chi connectivity index (χ1n) is 12.0. The van der Waals surface area contributed by atoms with Crippen LogP contribution in [0, 0.1) is 13.8 Å². The first-order valence-corrected chi connectivity index (χ1v) is 11.5. The molecule has 1 aromatic heterocycles. The number of hydrogen-bond acceptors (Lipinski definition) is 0. The summed E-state index contributed by atoms with van der Waals surface area (Å²) in [6.07, 6.45) is 6.58. The van der Waals surface area contributed by atoms with Gasteiger partial charge in [-0.1, -0.05) is 32.0 Å². The van der Waals surface area contributed by atoms with E-state index in [1.54, 1.807) is 11.1 Å². The molecule has 6 rings (SSSR count). The summed E-state index contributed by atoms with van der Waals surface area (Å²) in [6.45, 7) is 8.89. The van der Waals surface area contributed by atoms with Crippen molar-refractivity contribution in [3.63, 3.8) is 0 Å². The highest BCUT2D eigenvalue weighted by molar-refractivity contribution is 5.94. The van der Waals surface area contributed by atoms with Gasteiger partial charge in [-0.3, -0.25) is 0 Å². The lowest BCUT2D eigenvalue weighted by atomic mass is 9.66. The Hall–Kier alpha value is -2.15. The van der Waals surface area contributed by atoms with Crippen molar-refractivity contribution in [1.82, 2.24) is 0 Å². The molecular formula is C28H34N+. The second-order valence-electron chi connectivity index (χ2n) is 9.58. The summed E-state index contributed by atoms with van der Waals surface area (Å²) in [6, 6.07) is 12.5. The maximum atomic E-state index is 8.83. The molecule has 0 N–H and O–H groups in total. The van der Waals surface area contributed by atoms with Crippen molar-refractivity contribution in [2.24, 2.45) is 7.05 Å². The average Bonchev–Trinajstić information content (AvgIpc) is 2.78. The number of fused-ring (bicyclic) bond motifs is 3. The Kier molecular flexibility index (Phi) is 4.25. The number of aromatic nitrogens is 1. The quantitative estimate of drug-likeness (QED) is 0.419. The second kappa shape index (κ2) is 6.97. The predicted octanol–water partition coefficient (Wildman–Crippen LogP) is 7.22. The van der Waals surface area contributed by atoms with Crippen LogP contribution in [0.2, 0.25) is 0 Å². The van der Waals surface area contributed by atoms with Crippen molar-refractivity contribution in [2.75, 3.05) is 0 Å². The molecule has 1 fully saturated rings. The summed E-state index contributed by atoms with van der Waals surface area (Å²) in [5, 5.41) is 2.31. The van der Waals surface area contributed by atoms with E-state index in [1.807, 2.05) is 0 Å². The molecule has 29 heavy (non-hydrogen) atoms. The second-order valence-corrected chi connectivity index (χ2v) is 9.58. The Morgan fingerprint density at radius 1 is 1.03 bits per heavy atom. The van der Waals surface area contributed by atoms with Gasteiger partial charge in [-0.25, -0.2) is 0 Å². The third kappa shape index (κ3) is 2.93. The zero-order valence-corrected chi connectivity index (χ0v) is 18.6. The molecule has 1 heterocycles. The smallest absolute Gasteiger partial charge is 0.198 e. The highest BCUT2D eigenvalue weighted by atomic mass is 14.9. The molecule has 1 atom stereocenters. The topological polar surface area (TPSA) is 3.88 Å². The van der Waals surface area contributed by atoms with Crippen molar-refractivity contribution < 1.29 is 5.94 Å².